The first-order valence-electron chi connectivity index (χ1n) is 18.2. The summed E-state index contributed by atoms with van der Waals surface area (Å²) in [7, 11) is 0. The van der Waals surface area contributed by atoms with Crippen molar-refractivity contribution >= 4 is 88.0 Å². The van der Waals surface area contributed by atoms with Gasteiger partial charge in [0.2, 0.25) is 0 Å². The summed E-state index contributed by atoms with van der Waals surface area (Å²) in [6.45, 7) is 0. The number of rotatable bonds is 3. The molecule has 53 heavy (non-hydrogen) atoms. The minimum Gasteiger partial charge on any atom is -0.456 e. The third kappa shape index (κ3) is 4.17. The first-order chi connectivity index (χ1) is 26.3. The van der Waals surface area contributed by atoms with Gasteiger partial charge in [0, 0.05) is 43.0 Å². The number of fused-ring (bicyclic) bond motifs is 11. The molecule has 1 aliphatic heterocycles. The highest BCUT2D eigenvalue weighted by atomic mass is 32.2. The zero-order valence-electron chi connectivity index (χ0n) is 28.5. The van der Waals surface area contributed by atoms with Crippen LogP contribution in [0, 0.1) is 0 Å². The first kappa shape index (κ1) is 29.3. The highest BCUT2D eigenvalue weighted by Crippen LogP contribution is 2.60. The predicted octanol–water partition coefficient (Wildman–Crippen LogP) is 14.6. The van der Waals surface area contributed by atoms with Crippen LogP contribution in [0.15, 0.2) is 184 Å². The van der Waals surface area contributed by atoms with Gasteiger partial charge in [0.05, 0.1) is 0 Å². The number of thioether (sulfide) groups is 1. The van der Waals surface area contributed by atoms with Crippen LogP contribution in [0.1, 0.15) is 27.9 Å². The zero-order chi connectivity index (χ0) is 34.6. The standard InChI is InChI=1S/C50H30O2S/c1-2-13-30(14-3-1)50-48(40-27-43-39(28-44(40)53-50)32-17-9-10-23-41(32)51-43)47-35-20-6-4-18-33(35)46(34-19-5-7-21-36(34)47)38-22-12-15-29-25-26-37-31-16-8-11-24-42(31)52-49(37)45(29)38/h1-28,48,50H. The number of benzene rings is 9. The second-order valence-electron chi connectivity index (χ2n) is 14.2. The van der Waals surface area contributed by atoms with Crippen molar-refractivity contribution in [3.05, 3.63) is 187 Å². The van der Waals surface area contributed by atoms with Gasteiger partial charge in [-0.05, 0) is 85.1 Å². The van der Waals surface area contributed by atoms with Crippen molar-refractivity contribution in [2.45, 2.75) is 16.1 Å². The molecule has 1 aliphatic rings. The summed E-state index contributed by atoms with van der Waals surface area (Å²) in [5.41, 5.74) is 10.2. The maximum absolute atomic E-state index is 6.70. The predicted molar refractivity (Wildman–Crippen MR) is 222 cm³/mol. The van der Waals surface area contributed by atoms with Gasteiger partial charge in [-0.25, -0.2) is 0 Å². The van der Waals surface area contributed by atoms with Crippen molar-refractivity contribution in [3.8, 4) is 11.1 Å². The monoisotopic (exact) mass is 694 g/mol. The van der Waals surface area contributed by atoms with Crippen LogP contribution in [0.2, 0.25) is 0 Å². The van der Waals surface area contributed by atoms with Crippen LogP contribution in [0.3, 0.4) is 0 Å². The second-order valence-corrected chi connectivity index (χ2v) is 15.4. The van der Waals surface area contributed by atoms with Crippen LogP contribution in [0.5, 0.6) is 0 Å². The van der Waals surface area contributed by atoms with Crippen LogP contribution >= 0.6 is 11.8 Å². The Labute approximate surface area is 309 Å². The molecule has 0 saturated heterocycles. The van der Waals surface area contributed by atoms with E-state index in [0.29, 0.717) is 0 Å². The SMILES string of the molecule is c1ccc(C2Sc3cc4c(cc3C2c2c3ccccc3c(-c3cccc5ccc6c7ccccc7oc6c35)c3ccccc23)oc2ccccc24)cc1. The zero-order valence-corrected chi connectivity index (χ0v) is 29.4. The normalized spacial score (nSPS) is 15.8. The molecule has 11 aromatic rings. The van der Waals surface area contributed by atoms with Crippen molar-refractivity contribution in [3.63, 3.8) is 0 Å². The van der Waals surface area contributed by atoms with Gasteiger partial charge in [-0.3, -0.25) is 0 Å². The van der Waals surface area contributed by atoms with Gasteiger partial charge in [-0.2, -0.15) is 0 Å². The lowest BCUT2D eigenvalue weighted by Crippen LogP contribution is -2.08. The molecule has 2 nitrogen and oxygen atoms in total. The van der Waals surface area contributed by atoms with E-state index in [1.54, 1.807) is 0 Å². The Bertz CT molecular complexity index is 3220. The molecule has 0 aliphatic carbocycles. The molecule has 2 unspecified atom stereocenters. The fraction of sp³-hybridized carbons (Fsp3) is 0.0400. The summed E-state index contributed by atoms with van der Waals surface area (Å²) in [6.07, 6.45) is 0. The fourth-order valence-electron chi connectivity index (χ4n) is 9.24. The molecule has 0 radical (unpaired) electrons. The molecule has 3 heteroatoms. The van der Waals surface area contributed by atoms with Gasteiger partial charge in [0.1, 0.15) is 22.3 Å². The van der Waals surface area contributed by atoms with Gasteiger partial charge in [-0.1, -0.05) is 140 Å². The summed E-state index contributed by atoms with van der Waals surface area (Å²) in [6, 6.07) is 61.8. The van der Waals surface area contributed by atoms with E-state index in [1.807, 2.05) is 11.8 Å². The third-order valence-corrected chi connectivity index (χ3v) is 12.9. The van der Waals surface area contributed by atoms with E-state index in [-0.39, 0.29) is 11.2 Å². The first-order valence-corrected chi connectivity index (χ1v) is 19.1. The van der Waals surface area contributed by atoms with Crippen LogP contribution in [0.4, 0.5) is 0 Å². The Morgan fingerprint density at radius 1 is 0.434 bits per heavy atom. The Morgan fingerprint density at radius 3 is 1.79 bits per heavy atom. The van der Waals surface area contributed by atoms with Gasteiger partial charge in [0.25, 0.3) is 0 Å². The number of para-hydroxylation sites is 2. The van der Waals surface area contributed by atoms with Crippen molar-refractivity contribution < 1.29 is 8.83 Å². The van der Waals surface area contributed by atoms with Gasteiger partial charge < -0.3 is 8.83 Å². The molecule has 248 valence electrons. The highest BCUT2D eigenvalue weighted by molar-refractivity contribution is 8.00. The lowest BCUT2D eigenvalue weighted by molar-refractivity contribution is 0.666. The largest absolute Gasteiger partial charge is 0.456 e. The molecular weight excluding hydrogens is 665 g/mol. The second kappa shape index (κ2) is 11.1. The Hall–Kier alpha value is -6.29. The quantitative estimate of drug-likeness (QED) is 0.172. The Balaban J connectivity index is 1.19. The summed E-state index contributed by atoms with van der Waals surface area (Å²) in [5.74, 6) is 0.0912. The number of hydrogen-bond acceptors (Lipinski definition) is 3. The van der Waals surface area contributed by atoms with Crippen LogP contribution in [-0.4, -0.2) is 0 Å². The average Bonchev–Trinajstić information content (AvgIpc) is 3.90. The van der Waals surface area contributed by atoms with E-state index >= 15 is 0 Å². The summed E-state index contributed by atoms with van der Waals surface area (Å²) < 4.78 is 13.2. The molecule has 12 rings (SSSR count). The maximum atomic E-state index is 6.70. The Morgan fingerprint density at radius 2 is 1.06 bits per heavy atom. The van der Waals surface area contributed by atoms with E-state index in [1.165, 1.54) is 70.4 Å². The highest BCUT2D eigenvalue weighted by Gasteiger charge is 2.39. The Kier molecular flexibility index (Phi) is 6.14. The summed E-state index contributed by atoms with van der Waals surface area (Å²) in [4.78, 5) is 1.32. The van der Waals surface area contributed by atoms with E-state index in [0.717, 1.165) is 38.5 Å². The van der Waals surface area contributed by atoms with E-state index in [2.05, 4.69) is 170 Å². The van der Waals surface area contributed by atoms with E-state index in [9.17, 15) is 0 Å². The minimum absolute atomic E-state index is 0.0912. The molecule has 0 fully saturated rings. The van der Waals surface area contributed by atoms with Crippen LogP contribution < -0.4 is 0 Å². The van der Waals surface area contributed by atoms with Crippen molar-refractivity contribution in [2.24, 2.45) is 0 Å². The van der Waals surface area contributed by atoms with E-state index in [4.69, 9.17) is 8.83 Å². The minimum atomic E-state index is 0.0912. The van der Waals surface area contributed by atoms with Crippen LogP contribution in [0.25, 0.3) is 87.3 Å². The van der Waals surface area contributed by atoms with Crippen molar-refractivity contribution in [1.82, 2.24) is 0 Å². The number of furan rings is 2. The van der Waals surface area contributed by atoms with E-state index < -0.39 is 0 Å². The lowest BCUT2D eigenvalue weighted by Gasteiger charge is -2.26. The lowest BCUT2D eigenvalue weighted by atomic mass is 9.78. The van der Waals surface area contributed by atoms with Gasteiger partial charge >= 0.3 is 0 Å². The number of hydrogen-bond donors (Lipinski definition) is 0. The van der Waals surface area contributed by atoms with Gasteiger partial charge in [0.15, 0.2) is 0 Å². The molecule has 0 spiro atoms. The van der Waals surface area contributed by atoms with Crippen molar-refractivity contribution in [2.75, 3.05) is 0 Å². The molecule has 9 aromatic carbocycles. The molecule has 0 bridgehead atoms. The van der Waals surface area contributed by atoms with Crippen LogP contribution in [-0.2, 0) is 0 Å². The average molecular weight is 695 g/mol. The fourth-order valence-corrected chi connectivity index (χ4v) is 10.7. The topological polar surface area (TPSA) is 26.3 Å². The maximum Gasteiger partial charge on any atom is 0.143 e. The molecule has 2 atom stereocenters. The summed E-state index contributed by atoms with van der Waals surface area (Å²) in [5, 5.41) is 12.2. The molecule has 0 N–H and O–H groups in total. The molecule has 3 heterocycles. The molecule has 0 saturated carbocycles. The van der Waals surface area contributed by atoms with Gasteiger partial charge in [-0.15, -0.1) is 11.8 Å². The summed E-state index contributed by atoms with van der Waals surface area (Å²) >= 11 is 1.99. The molecular formula is C50H30O2S. The third-order valence-electron chi connectivity index (χ3n) is 11.5. The smallest absolute Gasteiger partial charge is 0.143 e. The molecule has 0 amide bonds. The van der Waals surface area contributed by atoms with Crippen molar-refractivity contribution in [1.29, 1.82) is 0 Å². The molecule has 2 aromatic heterocycles.